The molecule has 3 N–H and O–H groups in total. The van der Waals surface area contributed by atoms with Crippen LogP contribution in [0.25, 0.3) is 11.4 Å². The number of carbonyl (C=O) groups excluding carboxylic acids is 2. The lowest BCUT2D eigenvalue weighted by molar-refractivity contribution is 0.0535. The van der Waals surface area contributed by atoms with Gasteiger partial charge >= 0.3 is 12.0 Å². The van der Waals surface area contributed by atoms with Gasteiger partial charge in [-0.2, -0.15) is 15.0 Å². The second-order valence-corrected chi connectivity index (χ2v) is 10.4. The number of hydrogen-bond donors (Lipinski definition) is 3. The molecule has 2 unspecified atom stereocenters. The molecule has 40 heavy (non-hydrogen) atoms. The van der Waals surface area contributed by atoms with Gasteiger partial charge in [-0.1, -0.05) is 0 Å². The molecule has 12 nitrogen and oxygen atoms in total. The largest absolute Gasteiger partial charge is 0.457 e. The first-order valence-corrected chi connectivity index (χ1v) is 13.7. The van der Waals surface area contributed by atoms with Crippen LogP contribution in [0.1, 0.15) is 28.8 Å². The third kappa shape index (κ3) is 4.80. The molecule has 0 spiro atoms. The van der Waals surface area contributed by atoms with Gasteiger partial charge in [0.1, 0.15) is 6.61 Å². The normalized spacial score (nSPS) is 21.6. The van der Waals surface area contributed by atoms with Crippen LogP contribution >= 0.6 is 0 Å². The van der Waals surface area contributed by atoms with Gasteiger partial charge in [0, 0.05) is 60.8 Å². The van der Waals surface area contributed by atoms with Crippen LogP contribution in [0.5, 0.6) is 0 Å². The fourth-order valence-corrected chi connectivity index (χ4v) is 5.82. The molecule has 4 aliphatic rings. The van der Waals surface area contributed by atoms with E-state index in [9.17, 15) is 9.59 Å². The molecule has 3 aromatic rings. The summed E-state index contributed by atoms with van der Waals surface area (Å²) in [5.74, 6) is 1.66. The predicted molar refractivity (Wildman–Crippen MR) is 149 cm³/mol. The molecule has 3 saturated heterocycles. The second-order valence-electron chi connectivity index (χ2n) is 10.4. The van der Waals surface area contributed by atoms with Crippen molar-refractivity contribution >= 4 is 35.3 Å². The molecule has 0 aliphatic carbocycles. The molecule has 206 valence electrons. The number of aromatic nitrogens is 3. The number of carbonyl (C=O) groups is 2. The summed E-state index contributed by atoms with van der Waals surface area (Å²) in [5.41, 5.74) is 3.35. The third-order valence-corrected chi connectivity index (χ3v) is 7.86. The van der Waals surface area contributed by atoms with Crippen LogP contribution in [0.15, 0.2) is 42.5 Å². The van der Waals surface area contributed by atoms with Crippen LogP contribution in [0.2, 0.25) is 0 Å². The summed E-state index contributed by atoms with van der Waals surface area (Å²) in [6, 6.07) is 12.9. The van der Waals surface area contributed by atoms with Gasteiger partial charge in [-0.25, -0.2) is 9.59 Å². The number of piperazine rings is 1. The van der Waals surface area contributed by atoms with Crippen LogP contribution in [-0.4, -0.2) is 78.4 Å². The molecular weight excluding hydrogens is 512 g/mol. The smallest absolute Gasteiger partial charge is 0.338 e. The van der Waals surface area contributed by atoms with Gasteiger partial charge in [-0.15, -0.1) is 0 Å². The molecule has 1 aromatic heterocycles. The maximum absolute atomic E-state index is 12.6. The van der Waals surface area contributed by atoms with Crippen LogP contribution in [0.4, 0.5) is 28.1 Å². The number of urea groups is 1. The van der Waals surface area contributed by atoms with E-state index in [-0.39, 0.29) is 18.6 Å². The highest BCUT2D eigenvalue weighted by Gasteiger charge is 2.38. The summed E-state index contributed by atoms with van der Waals surface area (Å²) in [4.78, 5) is 43.5. The average molecular weight is 543 g/mol. The molecule has 2 aromatic carbocycles. The first kappa shape index (κ1) is 24.7. The van der Waals surface area contributed by atoms with E-state index in [1.165, 1.54) is 0 Å². The van der Waals surface area contributed by atoms with E-state index in [0.29, 0.717) is 54.0 Å². The summed E-state index contributed by atoms with van der Waals surface area (Å²) >= 11 is 0. The van der Waals surface area contributed by atoms with Gasteiger partial charge in [0.05, 0.1) is 18.8 Å². The summed E-state index contributed by atoms with van der Waals surface area (Å²) in [7, 11) is 0. The number of rotatable bonds is 5. The van der Waals surface area contributed by atoms with Gasteiger partial charge in [0.25, 0.3) is 0 Å². The quantitative estimate of drug-likeness (QED) is 0.413. The van der Waals surface area contributed by atoms with E-state index >= 15 is 0 Å². The number of amides is 2. The molecule has 5 heterocycles. The lowest BCUT2D eigenvalue weighted by atomic mass is 10.1. The molecule has 7 rings (SSSR count). The van der Waals surface area contributed by atoms with Crippen LogP contribution in [0.3, 0.4) is 0 Å². The summed E-state index contributed by atoms with van der Waals surface area (Å²) < 4.78 is 10.6. The minimum absolute atomic E-state index is 0.217. The number of anilines is 4. The molecule has 2 atom stereocenters. The first-order chi connectivity index (χ1) is 19.6. The Morgan fingerprint density at radius 1 is 0.900 bits per heavy atom. The van der Waals surface area contributed by atoms with E-state index in [1.807, 2.05) is 24.3 Å². The van der Waals surface area contributed by atoms with Crippen molar-refractivity contribution < 1.29 is 19.1 Å². The van der Waals surface area contributed by atoms with E-state index in [1.54, 1.807) is 18.2 Å². The van der Waals surface area contributed by atoms with Crippen molar-refractivity contribution in [3.63, 3.8) is 0 Å². The molecule has 0 radical (unpaired) electrons. The van der Waals surface area contributed by atoms with Gasteiger partial charge in [-0.05, 0) is 55.3 Å². The van der Waals surface area contributed by atoms with Gasteiger partial charge in [0.2, 0.25) is 11.9 Å². The molecule has 0 saturated carbocycles. The van der Waals surface area contributed by atoms with Gasteiger partial charge < -0.3 is 35.2 Å². The van der Waals surface area contributed by atoms with Crippen molar-refractivity contribution in [2.75, 3.05) is 59.8 Å². The number of esters is 1. The monoisotopic (exact) mass is 542 g/mol. The Kier molecular flexibility index (Phi) is 6.40. The number of hydrogen-bond acceptors (Lipinski definition) is 10. The molecule has 3 fully saturated rings. The number of ether oxygens (including phenoxy) is 2. The van der Waals surface area contributed by atoms with Gasteiger partial charge in [-0.3, -0.25) is 0 Å². The SMILES string of the molecule is O=C(Nc1ccc(-c2nc(N3CCOCC3)nc(N3C4CCC3CNC4)n2)cc1)Nc1ccc2c(c1)COC2=O. The summed E-state index contributed by atoms with van der Waals surface area (Å²) in [6.07, 6.45) is 2.26. The second kappa shape index (κ2) is 10.4. The molecule has 2 bridgehead atoms. The first-order valence-electron chi connectivity index (χ1n) is 13.7. The maximum atomic E-state index is 12.6. The average Bonchev–Trinajstić information content (AvgIpc) is 3.47. The predicted octanol–water partition coefficient (Wildman–Crippen LogP) is 2.63. The Labute approximate surface area is 231 Å². The number of morpholine rings is 1. The van der Waals surface area contributed by atoms with Crippen molar-refractivity contribution in [3.8, 4) is 11.4 Å². The van der Waals surface area contributed by atoms with Crippen molar-refractivity contribution in [2.24, 2.45) is 0 Å². The highest BCUT2D eigenvalue weighted by atomic mass is 16.5. The zero-order valence-corrected chi connectivity index (χ0v) is 21.9. The number of cyclic esters (lactones) is 1. The van der Waals surface area contributed by atoms with Crippen LogP contribution in [-0.2, 0) is 16.1 Å². The fourth-order valence-electron chi connectivity index (χ4n) is 5.82. The van der Waals surface area contributed by atoms with Crippen molar-refractivity contribution in [1.29, 1.82) is 0 Å². The van der Waals surface area contributed by atoms with E-state index in [0.717, 1.165) is 56.1 Å². The Morgan fingerprint density at radius 2 is 1.60 bits per heavy atom. The Balaban J connectivity index is 1.10. The Bertz CT molecular complexity index is 1430. The third-order valence-electron chi connectivity index (χ3n) is 7.86. The zero-order valence-electron chi connectivity index (χ0n) is 21.9. The maximum Gasteiger partial charge on any atom is 0.338 e. The fraction of sp³-hybridized carbons (Fsp3) is 0.393. The van der Waals surface area contributed by atoms with E-state index < -0.39 is 0 Å². The van der Waals surface area contributed by atoms with E-state index in [4.69, 9.17) is 24.4 Å². The van der Waals surface area contributed by atoms with Crippen LogP contribution < -0.4 is 25.8 Å². The van der Waals surface area contributed by atoms with Crippen LogP contribution in [0, 0.1) is 0 Å². The number of fused-ring (bicyclic) bond motifs is 3. The van der Waals surface area contributed by atoms with Crippen molar-refractivity contribution in [2.45, 2.75) is 31.5 Å². The number of benzene rings is 2. The molecule has 2 amide bonds. The minimum Gasteiger partial charge on any atom is -0.457 e. The van der Waals surface area contributed by atoms with Crippen molar-refractivity contribution in [1.82, 2.24) is 20.3 Å². The standard InChI is InChI=1S/C28H30N8O4/c37-25-23-8-5-20(13-18(23)16-40-25)31-28(38)30-19-3-1-17(2-4-19)24-32-26(35-9-11-39-12-10-35)34-27(33-24)36-21-6-7-22(36)15-29-14-21/h1-5,8,13,21-22,29H,6-7,9-12,14-16H2,(H2,30,31,38). The van der Waals surface area contributed by atoms with Crippen molar-refractivity contribution in [3.05, 3.63) is 53.6 Å². The highest BCUT2D eigenvalue weighted by Crippen LogP contribution is 2.32. The Hall–Kier alpha value is -4.29. The number of nitrogens with one attached hydrogen (secondary N) is 3. The highest BCUT2D eigenvalue weighted by molar-refractivity contribution is 6.01. The lowest BCUT2D eigenvalue weighted by Crippen LogP contribution is -2.52. The Morgan fingerprint density at radius 3 is 2.38 bits per heavy atom. The topological polar surface area (TPSA) is 134 Å². The summed E-state index contributed by atoms with van der Waals surface area (Å²) in [5, 5.41) is 9.18. The van der Waals surface area contributed by atoms with E-state index in [2.05, 4.69) is 25.8 Å². The number of nitrogens with zero attached hydrogens (tertiary/aromatic N) is 5. The minimum atomic E-state index is -0.385. The lowest BCUT2D eigenvalue weighted by Gasteiger charge is -2.36. The molecular formula is C28H30N8O4. The van der Waals surface area contributed by atoms with Gasteiger partial charge in [0.15, 0.2) is 5.82 Å². The molecule has 4 aliphatic heterocycles. The zero-order chi connectivity index (χ0) is 27.1. The summed E-state index contributed by atoms with van der Waals surface area (Å²) in [6.45, 7) is 4.86. The molecule has 12 heteroatoms.